The average Bonchev–Trinajstić information content (AvgIpc) is 2.62. The standard InChI is InChI=1S/C18H34N4O6/c1-6-10(4)14(19)17(26)22-13(8-23)16(25)21-12(7-9(2)3)15(24)20-11(5)18(27)28/h9-14,23H,6-8,19H2,1-5H3,(H,20,24)(H,21,25)(H,22,26)(H,27,28). The predicted molar refractivity (Wildman–Crippen MR) is 103 cm³/mol. The fourth-order valence-corrected chi connectivity index (χ4v) is 2.33. The van der Waals surface area contributed by atoms with Crippen LogP contribution in [-0.2, 0) is 19.2 Å². The van der Waals surface area contributed by atoms with Gasteiger partial charge in [0, 0.05) is 0 Å². The maximum Gasteiger partial charge on any atom is 0.325 e. The van der Waals surface area contributed by atoms with E-state index >= 15 is 0 Å². The number of carboxylic acids is 1. The molecular formula is C18H34N4O6. The van der Waals surface area contributed by atoms with Crippen LogP contribution in [0.25, 0.3) is 0 Å². The van der Waals surface area contributed by atoms with Crippen LogP contribution >= 0.6 is 0 Å². The molecule has 5 atom stereocenters. The van der Waals surface area contributed by atoms with Crippen LogP contribution in [0.1, 0.15) is 47.5 Å². The second-order valence-electron chi connectivity index (χ2n) is 7.41. The summed E-state index contributed by atoms with van der Waals surface area (Å²) in [6.07, 6.45) is 0.922. The highest BCUT2D eigenvalue weighted by atomic mass is 16.4. The van der Waals surface area contributed by atoms with Crippen LogP contribution in [-0.4, -0.2) is 64.7 Å². The number of aliphatic hydroxyl groups excluding tert-OH is 1. The van der Waals surface area contributed by atoms with E-state index in [0.29, 0.717) is 6.42 Å². The second-order valence-corrected chi connectivity index (χ2v) is 7.41. The molecule has 5 unspecified atom stereocenters. The van der Waals surface area contributed by atoms with Crippen molar-refractivity contribution in [1.29, 1.82) is 0 Å². The fourth-order valence-electron chi connectivity index (χ4n) is 2.33. The molecule has 0 aromatic rings. The third-order valence-electron chi connectivity index (χ3n) is 4.44. The van der Waals surface area contributed by atoms with Crippen molar-refractivity contribution in [2.24, 2.45) is 17.6 Å². The Morgan fingerprint density at radius 3 is 1.82 bits per heavy atom. The van der Waals surface area contributed by atoms with Gasteiger partial charge in [0.05, 0.1) is 12.6 Å². The third kappa shape index (κ3) is 8.66. The molecule has 0 saturated carbocycles. The van der Waals surface area contributed by atoms with Crippen LogP contribution in [0, 0.1) is 11.8 Å². The van der Waals surface area contributed by atoms with Crippen LogP contribution in [0.5, 0.6) is 0 Å². The van der Waals surface area contributed by atoms with Gasteiger partial charge in [0.1, 0.15) is 18.1 Å². The molecule has 0 radical (unpaired) electrons. The molecule has 3 amide bonds. The summed E-state index contributed by atoms with van der Waals surface area (Å²) in [4.78, 5) is 47.9. The zero-order valence-corrected chi connectivity index (χ0v) is 17.2. The monoisotopic (exact) mass is 402 g/mol. The van der Waals surface area contributed by atoms with Gasteiger partial charge < -0.3 is 31.9 Å². The SMILES string of the molecule is CCC(C)C(N)C(=O)NC(CO)C(=O)NC(CC(C)C)C(=O)NC(C)C(=O)O. The van der Waals surface area contributed by atoms with Crippen molar-refractivity contribution >= 4 is 23.7 Å². The van der Waals surface area contributed by atoms with Crippen LogP contribution in [0.3, 0.4) is 0 Å². The van der Waals surface area contributed by atoms with E-state index in [1.165, 1.54) is 6.92 Å². The number of carbonyl (C=O) groups excluding carboxylic acids is 3. The molecular weight excluding hydrogens is 368 g/mol. The van der Waals surface area contributed by atoms with Crippen molar-refractivity contribution in [2.45, 2.75) is 71.6 Å². The summed E-state index contributed by atoms with van der Waals surface area (Å²) < 4.78 is 0. The Kier molecular flexibility index (Phi) is 11.3. The summed E-state index contributed by atoms with van der Waals surface area (Å²) in [6.45, 7) is 7.98. The highest BCUT2D eigenvalue weighted by Gasteiger charge is 2.30. The molecule has 0 spiro atoms. The predicted octanol–water partition coefficient (Wildman–Crippen LogP) is -1.04. The lowest BCUT2D eigenvalue weighted by Gasteiger charge is -2.25. The Labute approximate surface area is 165 Å². The van der Waals surface area contributed by atoms with Crippen LogP contribution < -0.4 is 21.7 Å². The van der Waals surface area contributed by atoms with Crippen molar-refractivity contribution in [3.05, 3.63) is 0 Å². The molecule has 28 heavy (non-hydrogen) atoms. The molecule has 0 bridgehead atoms. The van der Waals surface area contributed by atoms with E-state index in [2.05, 4.69) is 16.0 Å². The summed E-state index contributed by atoms with van der Waals surface area (Å²) in [6, 6.07) is -4.25. The number of carboxylic acid groups (broad SMARTS) is 1. The second kappa shape index (κ2) is 12.3. The van der Waals surface area contributed by atoms with Crippen molar-refractivity contribution in [3.63, 3.8) is 0 Å². The maximum absolute atomic E-state index is 12.5. The number of hydrogen-bond acceptors (Lipinski definition) is 6. The molecule has 0 aliphatic rings. The van der Waals surface area contributed by atoms with E-state index < -0.39 is 54.5 Å². The quantitative estimate of drug-likeness (QED) is 0.242. The van der Waals surface area contributed by atoms with Crippen molar-refractivity contribution in [2.75, 3.05) is 6.61 Å². The lowest BCUT2D eigenvalue weighted by molar-refractivity contribution is -0.142. The van der Waals surface area contributed by atoms with Gasteiger partial charge in [0.25, 0.3) is 0 Å². The smallest absolute Gasteiger partial charge is 0.325 e. The van der Waals surface area contributed by atoms with Crippen molar-refractivity contribution in [1.82, 2.24) is 16.0 Å². The van der Waals surface area contributed by atoms with Crippen LogP contribution in [0.2, 0.25) is 0 Å². The minimum absolute atomic E-state index is 0.0252. The molecule has 0 aliphatic heterocycles. The number of nitrogens with one attached hydrogen (secondary N) is 3. The molecule has 162 valence electrons. The molecule has 10 heteroatoms. The summed E-state index contributed by atoms with van der Waals surface area (Å²) >= 11 is 0. The molecule has 0 aliphatic carbocycles. The Morgan fingerprint density at radius 2 is 1.39 bits per heavy atom. The van der Waals surface area contributed by atoms with E-state index in [1.807, 2.05) is 20.8 Å². The van der Waals surface area contributed by atoms with Crippen LogP contribution in [0.15, 0.2) is 0 Å². The van der Waals surface area contributed by atoms with E-state index in [-0.39, 0.29) is 18.3 Å². The normalized spacial score (nSPS) is 16.4. The Balaban J connectivity index is 5.12. The number of aliphatic hydroxyl groups is 1. The Bertz CT molecular complexity index is 554. The Hall–Kier alpha value is -2.20. The molecule has 0 saturated heterocycles. The number of aliphatic carboxylic acids is 1. The number of carbonyl (C=O) groups is 4. The molecule has 10 nitrogen and oxygen atoms in total. The zero-order chi connectivity index (χ0) is 22.0. The van der Waals surface area contributed by atoms with Gasteiger partial charge in [0.15, 0.2) is 0 Å². The highest BCUT2D eigenvalue weighted by Crippen LogP contribution is 2.07. The average molecular weight is 402 g/mol. The van der Waals surface area contributed by atoms with Gasteiger partial charge in [0.2, 0.25) is 17.7 Å². The van der Waals surface area contributed by atoms with Crippen LogP contribution in [0.4, 0.5) is 0 Å². The van der Waals surface area contributed by atoms with Gasteiger partial charge >= 0.3 is 5.97 Å². The first-order valence-corrected chi connectivity index (χ1v) is 9.44. The van der Waals surface area contributed by atoms with Crippen molar-refractivity contribution in [3.8, 4) is 0 Å². The minimum atomic E-state index is -1.28. The summed E-state index contributed by atoms with van der Waals surface area (Å²) in [5, 5.41) is 25.6. The number of rotatable bonds is 12. The molecule has 0 heterocycles. The van der Waals surface area contributed by atoms with E-state index in [0.717, 1.165) is 0 Å². The van der Waals surface area contributed by atoms with E-state index in [9.17, 15) is 24.3 Å². The van der Waals surface area contributed by atoms with Gasteiger partial charge in [-0.05, 0) is 25.2 Å². The lowest BCUT2D eigenvalue weighted by atomic mass is 9.99. The van der Waals surface area contributed by atoms with Gasteiger partial charge in [-0.15, -0.1) is 0 Å². The minimum Gasteiger partial charge on any atom is -0.480 e. The highest BCUT2D eigenvalue weighted by molar-refractivity contribution is 5.94. The maximum atomic E-state index is 12.5. The first kappa shape index (κ1) is 25.8. The third-order valence-corrected chi connectivity index (χ3v) is 4.44. The van der Waals surface area contributed by atoms with Gasteiger partial charge in [-0.25, -0.2) is 0 Å². The summed E-state index contributed by atoms with van der Waals surface area (Å²) in [5.74, 6) is -3.28. The lowest BCUT2D eigenvalue weighted by Crippen LogP contribution is -2.58. The van der Waals surface area contributed by atoms with Gasteiger partial charge in [-0.2, -0.15) is 0 Å². The number of amides is 3. The Morgan fingerprint density at radius 1 is 0.893 bits per heavy atom. The van der Waals surface area contributed by atoms with E-state index in [4.69, 9.17) is 10.8 Å². The summed E-state index contributed by atoms with van der Waals surface area (Å²) in [7, 11) is 0. The molecule has 0 fully saturated rings. The zero-order valence-electron chi connectivity index (χ0n) is 17.2. The fraction of sp³-hybridized carbons (Fsp3) is 0.778. The number of nitrogens with two attached hydrogens (primary N) is 1. The first-order chi connectivity index (χ1) is 12.9. The molecule has 0 aromatic carbocycles. The number of hydrogen-bond donors (Lipinski definition) is 6. The first-order valence-electron chi connectivity index (χ1n) is 9.44. The van der Waals surface area contributed by atoms with E-state index in [1.54, 1.807) is 6.92 Å². The molecule has 0 rings (SSSR count). The molecule has 0 aromatic heterocycles. The largest absolute Gasteiger partial charge is 0.480 e. The summed E-state index contributed by atoms with van der Waals surface area (Å²) in [5.41, 5.74) is 5.83. The van der Waals surface area contributed by atoms with Gasteiger partial charge in [-0.1, -0.05) is 34.1 Å². The van der Waals surface area contributed by atoms with Crippen molar-refractivity contribution < 1.29 is 29.4 Å². The topological polar surface area (TPSA) is 171 Å². The molecule has 7 N–H and O–H groups in total. The van der Waals surface area contributed by atoms with Gasteiger partial charge in [-0.3, -0.25) is 19.2 Å².